The Morgan fingerprint density at radius 1 is 1.18 bits per heavy atom. The summed E-state index contributed by atoms with van der Waals surface area (Å²) >= 11 is 0. The van der Waals surface area contributed by atoms with Gasteiger partial charge in [-0.2, -0.15) is 5.10 Å². The zero-order valence-electron chi connectivity index (χ0n) is 15.6. The third-order valence-electron chi connectivity index (χ3n) is 5.05. The van der Waals surface area contributed by atoms with Crippen LogP contribution in [-0.4, -0.2) is 46.0 Å². The summed E-state index contributed by atoms with van der Waals surface area (Å²) in [4.78, 5) is 12.6. The molecule has 0 aliphatic carbocycles. The van der Waals surface area contributed by atoms with Crippen molar-refractivity contribution in [3.63, 3.8) is 0 Å². The van der Waals surface area contributed by atoms with Crippen molar-refractivity contribution in [2.24, 2.45) is 0 Å². The van der Waals surface area contributed by atoms with Crippen molar-refractivity contribution in [2.75, 3.05) is 13.1 Å². The van der Waals surface area contributed by atoms with E-state index in [1.807, 2.05) is 53.5 Å². The van der Waals surface area contributed by atoms with Gasteiger partial charge in [0.15, 0.2) is 0 Å². The molecule has 1 amide bonds. The fraction of sp³-hybridized carbons (Fsp3) is 0.273. The van der Waals surface area contributed by atoms with E-state index in [0.29, 0.717) is 18.7 Å². The summed E-state index contributed by atoms with van der Waals surface area (Å²) < 4.78 is 1.89. The first kappa shape index (κ1) is 18.4. The number of aliphatic hydroxyl groups is 1. The van der Waals surface area contributed by atoms with Crippen LogP contribution in [-0.2, 0) is 6.54 Å². The van der Waals surface area contributed by atoms with Crippen LogP contribution in [0.3, 0.4) is 0 Å². The second-order valence-corrected chi connectivity index (χ2v) is 7.13. The van der Waals surface area contributed by atoms with E-state index in [2.05, 4.69) is 27.9 Å². The van der Waals surface area contributed by atoms with Crippen molar-refractivity contribution in [1.29, 1.82) is 0 Å². The van der Waals surface area contributed by atoms with E-state index < -0.39 is 6.10 Å². The lowest BCUT2D eigenvalue weighted by atomic mass is 10.0. The number of carbonyl (C=O) groups excluding carboxylic acids is 1. The molecule has 28 heavy (non-hydrogen) atoms. The lowest BCUT2D eigenvalue weighted by Crippen LogP contribution is -2.52. The van der Waals surface area contributed by atoms with E-state index in [1.165, 1.54) is 5.56 Å². The smallest absolute Gasteiger partial charge is 0.251 e. The molecule has 144 valence electrons. The molecule has 2 atom stereocenters. The number of benzene rings is 2. The number of nitrogens with one attached hydrogen (secondary N) is 2. The van der Waals surface area contributed by atoms with Crippen molar-refractivity contribution in [3.8, 4) is 11.1 Å². The molecule has 3 N–H and O–H groups in total. The maximum Gasteiger partial charge on any atom is 0.251 e. The predicted octanol–water partition coefficient (Wildman–Crippen LogP) is 2.05. The minimum absolute atomic E-state index is 0.163. The second-order valence-electron chi connectivity index (χ2n) is 7.13. The van der Waals surface area contributed by atoms with Gasteiger partial charge in [0.2, 0.25) is 0 Å². The molecule has 1 aliphatic heterocycles. The Labute approximate surface area is 164 Å². The van der Waals surface area contributed by atoms with Gasteiger partial charge in [0, 0.05) is 23.9 Å². The third kappa shape index (κ3) is 4.30. The second kappa shape index (κ2) is 8.37. The Morgan fingerprint density at radius 2 is 2.04 bits per heavy atom. The number of hydrogen-bond donors (Lipinski definition) is 3. The summed E-state index contributed by atoms with van der Waals surface area (Å²) in [7, 11) is 0. The normalized spacial score (nSPS) is 19.3. The number of nitrogens with zero attached hydrogens (tertiary/aromatic N) is 2. The standard InChI is InChI=1S/C22H24N4O2/c27-21-13-23-10-9-20(21)25-22(28)18-8-4-7-17(11-18)19-12-24-26(15-19)14-16-5-2-1-3-6-16/h1-8,11-12,15,20-21,23,27H,9-10,13-14H2,(H,25,28). The summed E-state index contributed by atoms with van der Waals surface area (Å²) in [6, 6.07) is 17.5. The van der Waals surface area contributed by atoms with Gasteiger partial charge in [0.25, 0.3) is 5.91 Å². The zero-order chi connectivity index (χ0) is 19.3. The lowest BCUT2D eigenvalue weighted by Gasteiger charge is -2.29. The molecule has 6 nitrogen and oxygen atoms in total. The van der Waals surface area contributed by atoms with Gasteiger partial charge in [-0.15, -0.1) is 0 Å². The van der Waals surface area contributed by atoms with Crippen LogP contribution in [0.15, 0.2) is 67.0 Å². The zero-order valence-corrected chi connectivity index (χ0v) is 15.6. The Kier molecular flexibility index (Phi) is 5.50. The molecule has 2 heterocycles. The number of carbonyl (C=O) groups is 1. The first-order valence-corrected chi connectivity index (χ1v) is 9.55. The molecule has 0 bridgehead atoms. The molecule has 4 rings (SSSR count). The van der Waals surface area contributed by atoms with E-state index >= 15 is 0 Å². The van der Waals surface area contributed by atoms with E-state index in [1.54, 1.807) is 6.07 Å². The van der Waals surface area contributed by atoms with E-state index in [0.717, 1.165) is 24.1 Å². The average molecular weight is 376 g/mol. The highest BCUT2D eigenvalue weighted by Crippen LogP contribution is 2.20. The number of aliphatic hydroxyl groups excluding tert-OH is 1. The van der Waals surface area contributed by atoms with Crippen molar-refractivity contribution in [2.45, 2.75) is 25.1 Å². The van der Waals surface area contributed by atoms with Crippen LogP contribution in [0.5, 0.6) is 0 Å². The van der Waals surface area contributed by atoms with Crippen LogP contribution in [0, 0.1) is 0 Å². The third-order valence-corrected chi connectivity index (χ3v) is 5.05. The summed E-state index contributed by atoms with van der Waals surface area (Å²) in [6.45, 7) is 2.00. The van der Waals surface area contributed by atoms with E-state index in [9.17, 15) is 9.90 Å². The van der Waals surface area contributed by atoms with Crippen molar-refractivity contribution in [3.05, 3.63) is 78.1 Å². The van der Waals surface area contributed by atoms with Crippen molar-refractivity contribution >= 4 is 5.91 Å². The van der Waals surface area contributed by atoms with E-state index in [4.69, 9.17) is 0 Å². The number of piperidine rings is 1. The van der Waals surface area contributed by atoms with Crippen LogP contribution in [0.4, 0.5) is 0 Å². The summed E-state index contributed by atoms with van der Waals surface area (Å²) in [6.07, 6.45) is 3.97. The molecule has 0 spiro atoms. The molecule has 3 aromatic rings. The maximum absolute atomic E-state index is 12.6. The van der Waals surface area contributed by atoms with Crippen molar-refractivity contribution < 1.29 is 9.90 Å². The molecular formula is C22H24N4O2. The molecule has 2 unspecified atom stereocenters. The van der Waals surface area contributed by atoms with Gasteiger partial charge in [-0.05, 0) is 36.2 Å². The van der Waals surface area contributed by atoms with Gasteiger partial charge >= 0.3 is 0 Å². The Balaban J connectivity index is 1.47. The van der Waals surface area contributed by atoms with Gasteiger partial charge in [-0.25, -0.2) is 0 Å². The minimum atomic E-state index is -0.558. The van der Waals surface area contributed by atoms with Gasteiger partial charge in [-0.1, -0.05) is 42.5 Å². The van der Waals surface area contributed by atoms with Gasteiger partial charge < -0.3 is 15.7 Å². The molecule has 1 aromatic heterocycles. The monoisotopic (exact) mass is 376 g/mol. The van der Waals surface area contributed by atoms with Crippen molar-refractivity contribution in [1.82, 2.24) is 20.4 Å². The van der Waals surface area contributed by atoms with E-state index in [-0.39, 0.29) is 11.9 Å². The fourth-order valence-electron chi connectivity index (χ4n) is 3.47. The lowest BCUT2D eigenvalue weighted by molar-refractivity contribution is 0.0765. The summed E-state index contributed by atoms with van der Waals surface area (Å²) in [5.41, 5.74) is 3.68. The van der Waals surface area contributed by atoms with Crippen LogP contribution in [0.25, 0.3) is 11.1 Å². The molecule has 1 aliphatic rings. The quantitative estimate of drug-likeness (QED) is 0.637. The summed E-state index contributed by atoms with van der Waals surface area (Å²) in [5.74, 6) is -0.163. The van der Waals surface area contributed by atoms with Gasteiger partial charge in [-0.3, -0.25) is 9.48 Å². The Hall–Kier alpha value is -2.96. The van der Waals surface area contributed by atoms with Crippen LogP contribution < -0.4 is 10.6 Å². The highest BCUT2D eigenvalue weighted by molar-refractivity contribution is 5.95. The van der Waals surface area contributed by atoms with Crippen LogP contribution in [0.1, 0.15) is 22.3 Å². The van der Waals surface area contributed by atoms with Crippen LogP contribution in [0.2, 0.25) is 0 Å². The highest BCUT2D eigenvalue weighted by Gasteiger charge is 2.24. The molecule has 6 heteroatoms. The minimum Gasteiger partial charge on any atom is -0.390 e. The number of rotatable bonds is 5. The largest absolute Gasteiger partial charge is 0.390 e. The van der Waals surface area contributed by atoms with Gasteiger partial charge in [0.05, 0.1) is 24.9 Å². The Bertz CT molecular complexity index is 938. The number of hydrogen-bond acceptors (Lipinski definition) is 4. The number of amides is 1. The molecule has 0 radical (unpaired) electrons. The Morgan fingerprint density at radius 3 is 2.86 bits per heavy atom. The number of aromatic nitrogens is 2. The molecular weight excluding hydrogens is 352 g/mol. The molecule has 2 aromatic carbocycles. The first-order chi connectivity index (χ1) is 13.7. The van der Waals surface area contributed by atoms with Gasteiger partial charge in [0.1, 0.15) is 0 Å². The molecule has 1 fully saturated rings. The predicted molar refractivity (Wildman–Crippen MR) is 108 cm³/mol. The van der Waals surface area contributed by atoms with Crippen LogP contribution >= 0.6 is 0 Å². The molecule has 1 saturated heterocycles. The fourth-order valence-corrected chi connectivity index (χ4v) is 3.47. The number of β-amino-alcohol motifs (C(OH)–C–C–N with tert-alkyl or cyclic N) is 1. The summed E-state index contributed by atoms with van der Waals surface area (Å²) in [5, 5.41) is 20.5. The highest BCUT2D eigenvalue weighted by atomic mass is 16.3. The average Bonchev–Trinajstić information content (AvgIpc) is 3.19. The first-order valence-electron chi connectivity index (χ1n) is 9.55. The topological polar surface area (TPSA) is 79.2 Å². The SMILES string of the molecule is O=C(NC1CCNCC1O)c1cccc(-c2cnn(Cc3ccccc3)c2)c1. The maximum atomic E-state index is 12.6. The molecule has 0 saturated carbocycles.